The third kappa shape index (κ3) is 3.08. The van der Waals surface area contributed by atoms with Gasteiger partial charge in [-0.25, -0.2) is 0 Å². The molecule has 0 fully saturated rings. The zero-order valence-corrected chi connectivity index (χ0v) is 11.4. The molecule has 0 saturated carbocycles. The number of rotatable bonds is 6. The van der Waals surface area contributed by atoms with Crippen molar-refractivity contribution in [2.75, 3.05) is 6.54 Å². The van der Waals surface area contributed by atoms with Gasteiger partial charge in [0.05, 0.1) is 22.6 Å². The van der Waals surface area contributed by atoms with Crippen LogP contribution in [-0.4, -0.2) is 31.3 Å². The quantitative estimate of drug-likeness (QED) is 0.799. The van der Waals surface area contributed by atoms with E-state index in [9.17, 15) is 0 Å². The predicted octanol–water partition coefficient (Wildman–Crippen LogP) is 1.15. The van der Waals surface area contributed by atoms with E-state index >= 15 is 0 Å². The van der Waals surface area contributed by atoms with E-state index in [4.69, 9.17) is 11.6 Å². The van der Waals surface area contributed by atoms with Gasteiger partial charge in [-0.2, -0.15) is 5.10 Å². The predicted molar refractivity (Wildman–Crippen MR) is 69.3 cm³/mol. The molecule has 1 N–H and O–H groups in total. The molecule has 2 aromatic rings. The van der Waals surface area contributed by atoms with Crippen LogP contribution in [0.15, 0.2) is 12.4 Å². The van der Waals surface area contributed by atoms with Gasteiger partial charge in [0.25, 0.3) is 0 Å². The van der Waals surface area contributed by atoms with Crippen LogP contribution >= 0.6 is 11.6 Å². The molecule has 6 nitrogen and oxygen atoms in total. The molecule has 0 bridgehead atoms. The third-order valence-electron chi connectivity index (χ3n) is 2.77. The molecule has 0 atom stereocenters. The van der Waals surface area contributed by atoms with Gasteiger partial charge in [-0.15, -0.1) is 5.10 Å². The fourth-order valence-electron chi connectivity index (χ4n) is 1.80. The summed E-state index contributed by atoms with van der Waals surface area (Å²) in [6.07, 6.45) is 4.55. The number of nitrogens with one attached hydrogen (secondary N) is 1. The largest absolute Gasteiger partial charge is 0.311 e. The topological polar surface area (TPSA) is 60.6 Å². The van der Waals surface area contributed by atoms with E-state index in [0.717, 1.165) is 42.5 Å². The minimum absolute atomic E-state index is 0.730. The molecule has 0 radical (unpaired) electrons. The van der Waals surface area contributed by atoms with Gasteiger partial charge in [0.2, 0.25) is 0 Å². The maximum atomic E-state index is 6.16. The highest BCUT2D eigenvalue weighted by atomic mass is 35.5. The Bertz CT molecular complexity index is 490. The van der Waals surface area contributed by atoms with Gasteiger partial charge < -0.3 is 5.32 Å². The monoisotopic (exact) mass is 268 g/mol. The molecule has 0 unspecified atom stereocenters. The molecule has 0 saturated heterocycles. The van der Waals surface area contributed by atoms with Crippen molar-refractivity contribution >= 4 is 11.6 Å². The zero-order valence-electron chi connectivity index (χ0n) is 10.6. The molecule has 0 spiro atoms. The number of hydrogen-bond acceptors (Lipinski definition) is 4. The first kappa shape index (κ1) is 13.0. The Labute approximate surface area is 111 Å². The summed E-state index contributed by atoms with van der Waals surface area (Å²) in [6.45, 7) is 4.41. The molecule has 0 aromatic carbocycles. The van der Waals surface area contributed by atoms with Crippen molar-refractivity contribution in [3.8, 4) is 0 Å². The van der Waals surface area contributed by atoms with Crippen LogP contribution in [0.25, 0.3) is 0 Å². The summed E-state index contributed by atoms with van der Waals surface area (Å²) in [5.74, 6) is 0. The highest BCUT2D eigenvalue weighted by Crippen LogP contribution is 2.18. The fourth-order valence-corrected chi connectivity index (χ4v) is 2.02. The van der Waals surface area contributed by atoms with Crippen LogP contribution in [0.4, 0.5) is 0 Å². The second kappa shape index (κ2) is 5.97. The van der Waals surface area contributed by atoms with Gasteiger partial charge in [0.1, 0.15) is 0 Å². The first-order valence-electron chi connectivity index (χ1n) is 5.91. The number of aryl methyl sites for hydroxylation is 3. The van der Waals surface area contributed by atoms with Gasteiger partial charge in [-0.05, 0) is 19.9 Å². The van der Waals surface area contributed by atoms with Crippen molar-refractivity contribution in [1.29, 1.82) is 0 Å². The first-order chi connectivity index (χ1) is 8.68. The Morgan fingerprint density at radius 3 is 2.89 bits per heavy atom. The van der Waals surface area contributed by atoms with E-state index in [2.05, 4.69) is 20.7 Å². The van der Waals surface area contributed by atoms with Gasteiger partial charge >= 0.3 is 0 Å². The SMILES string of the molecule is Cc1nn(C)c(CNCCCn2ccnn2)c1Cl. The molecule has 2 aromatic heterocycles. The average Bonchev–Trinajstić information content (AvgIpc) is 2.92. The van der Waals surface area contributed by atoms with Crippen molar-refractivity contribution in [2.24, 2.45) is 7.05 Å². The number of hydrogen-bond donors (Lipinski definition) is 1. The maximum Gasteiger partial charge on any atom is 0.0860 e. The zero-order chi connectivity index (χ0) is 13.0. The van der Waals surface area contributed by atoms with Crippen LogP contribution < -0.4 is 5.32 Å². The molecule has 7 heteroatoms. The van der Waals surface area contributed by atoms with Gasteiger partial charge in [0.15, 0.2) is 0 Å². The Morgan fingerprint density at radius 1 is 1.44 bits per heavy atom. The second-order valence-corrected chi connectivity index (χ2v) is 4.54. The van der Waals surface area contributed by atoms with E-state index in [1.165, 1.54) is 0 Å². The molecule has 0 amide bonds. The van der Waals surface area contributed by atoms with Crippen molar-refractivity contribution in [2.45, 2.75) is 26.4 Å². The standard InChI is InChI=1S/C11H17ClN6/c1-9-11(12)10(17(2)15-9)8-13-4-3-6-18-7-5-14-16-18/h5,7,13H,3-4,6,8H2,1-2H3. The van der Waals surface area contributed by atoms with Crippen molar-refractivity contribution in [1.82, 2.24) is 30.1 Å². The number of nitrogens with zero attached hydrogens (tertiary/aromatic N) is 5. The van der Waals surface area contributed by atoms with Crippen molar-refractivity contribution in [3.05, 3.63) is 28.8 Å². The van der Waals surface area contributed by atoms with Crippen molar-refractivity contribution in [3.63, 3.8) is 0 Å². The minimum atomic E-state index is 0.730. The maximum absolute atomic E-state index is 6.16. The summed E-state index contributed by atoms with van der Waals surface area (Å²) in [5.41, 5.74) is 1.90. The van der Waals surface area contributed by atoms with Crippen LogP contribution in [0, 0.1) is 6.92 Å². The lowest BCUT2D eigenvalue weighted by Gasteiger charge is -2.05. The fraction of sp³-hybridized carbons (Fsp3) is 0.545. The van der Waals surface area contributed by atoms with E-state index in [-0.39, 0.29) is 0 Å². The number of halogens is 1. The normalized spacial score (nSPS) is 11.1. The van der Waals surface area contributed by atoms with Gasteiger partial charge in [-0.3, -0.25) is 9.36 Å². The van der Waals surface area contributed by atoms with E-state index in [0.29, 0.717) is 0 Å². The Kier molecular flexibility index (Phi) is 4.33. The minimum Gasteiger partial charge on any atom is -0.311 e. The first-order valence-corrected chi connectivity index (χ1v) is 6.29. The average molecular weight is 269 g/mol. The highest BCUT2D eigenvalue weighted by molar-refractivity contribution is 6.31. The Morgan fingerprint density at radius 2 is 2.28 bits per heavy atom. The van der Waals surface area contributed by atoms with Crippen LogP contribution in [0.3, 0.4) is 0 Å². The Balaban J connectivity index is 1.72. The molecule has 0 aliphatic rings. The smallest absolute Gasteiger partial charge is 0.0860 e. The van der Waals surface area contributed by atoms with E-state index in [1.54, 1.807) is 6.20 Å². The van der Waals surface area contributed by atoms with E-state index < -0.39 is 0 Å². The lowest BCUT2D eigenvalue weighted by Crippen LogP contribution is -2.18. The van der Waals surface area contributed by atoms with Crippen LogP contribution in [0.5, 0.6) is 0 Å². The highest BCUT2D eigenvalue weighted by Gasteiger charge is 2.09. The molecule has 0 aliphatic heterocycles. The Hall–Kier alpha value is -1.40. The molecule has 2 rings (SSSR count). The summed E-state index contributed by atoms with van der Waals surface area (Å²) < 4.78 is 3.64. The van der Waals surface area contributed by atoms with Crippen LogP contribution in [0.1, 0.15) is 17.8 Å². The van der Waals surface area contributed by atoms with Crippen molar-refractivity contribution < 1.29 is 0 Å². The summed E-state index contributed by atoms with van der Waals surface area (Å²) in [6, 6.07) is 0. The molecular formula is C11H17ClN6. The van der Waals surface area contributed by atoms with Crippen LogP contribution in [-0.2, 0) is 20.1 Å². The summed E-state index contributed by atoms with van der Waals surface area (Å²) >= 11 is 6.16. The van der Waals surface area contributed by atoms with E-state index in [1.807, 2.05) is 29.5 Å². The molecule has 0 aliphatic carbocycles. The van der Waals surface area contributed by atoms with Crippen LogP contribution in [0.2, 0.25) is 5.02 Å². The van der Waals surface area contributed by atoms with Gasteiger partial charge in [0, 0.05) is 26.3 Å². The molecular weight excluding hydrogens is 252 g/mol. The summed E-state index contributed by atoms with van der Waals surface area (Å²) in [4.78, 5) is 0. The number of aromatic nitrogens is 5. The molecule has 98 valence electrons. The molecule has 18 heavy (non-hydrogen) atoms. The lowest BCUT2D eigenvalue weighted by molar-refractivity contribution is 0.523. The summed E-state index contributed by atoms with van der Waals surface area (Å²) in [7, 11) is 1.91. The molecule has 2 heterocycles. The van der Waals surface area contributed by atoms with Gasteiger partial charge in [-0.1, -0.05) is 16.8 Å². The second-order valence-electron chi connectivity index (χ2n) is 4.17. The summed E-state index contributed by atoms with van der Waals surface area (Å²) in [5, 5.41) is 16.0. The lowest BCUT2D eigenvalue weighted by atomic mass is 10.3. The third-order valence-corrected chi connectivity index (χ3v) is 3.26.